The number of ether oxygens (including phenoxy) is 2. The van der Waals surface area contributed by atoms with Gasteiger partial charge in [-0.1, -0.05) is 15.9 Å². The molecular formula is C17H19BrN2O5. The minimum absolute atomic E-state index is 0.0785. The van der Waals surface area contributed by atoms with Gasteiger partial charge >= 0.3 is 12.1 Å². The summed E-state index contributed by atoms with van der Waals surface area (Å²) in [4.78, 5) is 24.7. The van der Waals surface area contributed by atoms with Gasteiger partial charge in [-0.25, -0.2) is 4.79 Å². The molecule has 0 unspecified atom stereocenters. The van der Waals surface area contributed by atoms with Crippen LogP contribution in [0.5, 0.6) is 5.75 Å². The van der Waals surface area contributed by atoms with Gasteiger partial charge in [0.15, 0.2) is 5.60 Å². The molecule has 7 nitrogen and oxygen atoms in total. The molecule has 0 saturated carbocycles. The van der Waals surface area contributed by atoms with Crippen LogP contribution in [0.25, 0.3) is 0 Å². The first-order valence-electron chi connectivity index (χ1n) is 7.62. The second kappa shape index (κ2) is 6.92. The van der Waals surface area contributed by atoms with E-state index in [2.05, 4.69) is 15.9 Å². The Bertz CT molecular complexity index is 730. The molecule has 1 aliphatic rings. The molecule has 0 radical (unpaired) electrons. The summed E-state index contributed by atoms with van der Waals surface area (Å²) < 4.78 is 11.9. The van der Waals surface area contributed by atoms with E-state index in [9.17, 15) is 20.0 Å². The van der Waals surface area contributed by atoms with E-state index in [1.54, 1.807) is 39.0 Å². The summed E-state index contributed by atoms with van der Waals surface area (Å²) in [5.74, 6) is -0.754. The first-order chi connectivity index (χ1) is 11.5. The molecule has 1 fully saturated rings. The van der Waals surface area contributed by atoms with Crippen molar-refractivity contribution in [2.75, 3.05) is 13.1 Å². The molecule has 1 N–H and O–H groups in total. The first kappa shape index (κ1) is 19.1. The number of aliphatic carboxylic acids is 1. The zero-order valence-corrected chi connectivity index (χ0v) is 15.8. The summed E-state index contributed by atoms with van der Waals surface area (Å²) >= 11 is 3.27. The number of likely N-dealkylation sites (tertiary alicyclic amines) is 1. The fourth-order valence-corrected chi connectivity index (χ4v) is 2.87. The lowest BCUT2D eigenvalue weighted by atomic mass is 9.90. The van der Waals surface area contributed by atoms with Gasteiger partial charge in [-0.2, -0.15) is 5.26 Å². The SMILES string of the molecule is CC(C)(C)OC(=O)N1CC(CC(=O)O)(Oc2ccc(Br)cc2C#N)C1. The minimum Gasteiger partial charge on any atom is -0.482 e. The lowest BCUT2D eigenvalue weighted by Crippen LogP contribution is -2.67. The second-order valence-electron chi connectivity index (χ2n) is 6.94. The van der Waals surface area contributed by atoms with Gasteiger partial charge in [-0.05, 0) is 39.0 Å². The van der Waals surface area contributed by atoms with Gasteiger partial charge < -0.3 is 14.6 Å². The van der Waals surface area contributed by atoms with Gasteiger partial charge in [0.25, 0.3) is 0 Å². The van der Waals surface area contributed by atoms with E-state index in [0.717, 1.165) is 0 Å². The van der Waals surface area contributed by atoms with Crippen LogP contribution in [0.3, 0.4) is 0 Å². The van der Waals surface area contributed by atoms with Crippen molar-refractivity contribution < 1.29 is 24.2 Å². The first-order valence-corrected chi connectivity index (χ1v) is 8.41. The van der Waals surface area contributed by atoms with E-state index in [1.165, 1.54) is 4.90 Å². The number of hydrogen-bond acceptors (Lipinski definition) is 5. The predicted molar refractivity (Wildman–Crippen MR) is 92.3 cm³/mol. The highest BCUT2D eigenvalue weighted by Gasteiger charge is 2.50. The largest absolute Gasteiger partial charge is 0.482 e. The summed E-state index contributed by atoms with van der Waals surface area (Å²) in [5, 5.41) is 18.4. The van der Waals surface area contributed by atoms with Crippen LogP contribution in [0, 0.1) is 11.3 Å². The Hall–Kier alpha value is -2.27. The molecule has 1 aliphatic heterocycles. The maximum atomic E-state index is 12.1. The molecule has 1 amide bonds. The molecule has 1 aromatic carbocycles. The summed E-state index contributed by atoms with van der Waals surface area (Å²) in [6.07, 6.45) is -0.804. The third-order valence-electron chi connectivity index (χ3n) is 3.47. The van der Waals surface area contributed by atoms with Gasteiger partial charge in [0.1, 0.15) is 17.4 Å². The number of carboxylic acids is 1. The Morgan fingerprint density at radius 2 is 2.04 bits per heavy atom. The Labute approximate surface area is 154 Å². The Morgan fingerprint density at radius 3 is 2.56 bits per heavy atom. The van der Waals surface area contributed by atoms with Crippen LogP contribution in [0.2, 0.25) is 0 Å². The van der Waals surface area contributed by atoms with Gasteiger partial charge in [0.2, 0.25) is 0 Å². The lowest BCUT2D eigenvalue weighted by molar-refractivity contribution is -0.149. The molecule has 134 valence electrons. The fourth-order valence-electron chi connectivity index (χ4n) is 2.50. The van der Waals surface area contributed by atoms with Crippen LogP contribution < -0.4 is 4.74 Å². The lowest BCUT2D eigenvalue weighted by Gasteiger charge is -2.48. The Kier molecular flexibility index (Phi) is 5.28. The van der Waals surface area contributed by atoms with Crippen molar-refractivity contribution in [1.82, 2.24) is 4.90 Å². The molecule has 0 spiro atoms. The van der Waals surface area contributed by atoms with Crippen molar-refractivity contribution in [1.29, 1.82) is 5.26 Å². The maximum absolute atomic E-state index is 12.1. The summed E-state index contributed by atoms with van der Waals surface area (Å²) in [7, 11) is 0. The molecule has 1 heterocycles. The number of hydrogen-bond donors (Lipinski definition) is 1. The number of amides is 1. The molecule has 0 bridgehead atoms. The topological polar surface area (TPSA) is 99.9 Å². The van der Waals surface area contributed by atoms with Crippen molar-refractivity contribution >= 4 is 28.0 Å². The number of rotatable bonds is 4. The highest BCUT2D eigenvalue weighted by Crippen LogP contribution is 2.34. The molecule has 2 rings (SSSR count). The van der Waals surface area contributed by atoms with E-state index < -0.39 is 23.3 Å². The van der Waals surface area contributed by atoms with Gasteiger partial charge in [0.05, 0.1) is 25.1 Å². The van der Waals surface area contributed by atoms with E-state index in [1.807, 2.05) is 6.07 Å². The highest BCUT2D eigenvalue weighted by atomic mass is 79.9. The molecule has 1 saturated heterocycles. The average Bonchev–Trinajstić information content (AvgIpc) is 2.43. The normalized spacial score (nSPS) is 15.7. The zero-order valence-electron chi connectivity index (χ0n) is 14.2. The van der Waals surface area contributed by atoms with Crippen LogP contribution in [0.1, 0.15) is 32.8 Å². The van der Waals surface area contributed by atoms with Crippen LogP contribution in [0.4, 0.5) is 4.79 Å². The number of carbonyl (C=O) groups is 2. The molecule has 1 aromatic rings. The zero-order chi connectivity index (χ0) is 18.8. The van der Waals surface area contributed by atoms with Crippen LogP contribution >= 0.6 is 15.9 Å². The van der Waals surface area contributed by atoms with Crippen molar-refractivity contribution in [2.45, 2.75) is 38.4 Å². The Morgan fingerprint density at radius 1 is 1.40 bits per heavy atom. The molecule has 0 atom stereocenters. The standard InChI is InChI=1S/C17H19BrN2O5/c1-16(2,3)25-15(23)20-9-17(10-20,7-14(21)22)24-13-5-4-12(18)6-11(13)8-19/h4-6H,7,9-10H2,1-3H3,(H,21,22). The van der Waals surface area contributed by atoms with Crippen LogP contribution in [-0.2, 0) is 9.53 Å². The smallest absolute Gasteiger partial charge is 0.410 e. The highest BCUT2D eigenvalue weighted by molar-refractivity contribution is 9.10. The van der Waals surface area contributed by atoms with Gasteiger partial charge in [-0.15, -0.1) is 0 Å². The van der Waals surface area contributed by atoms with Crippen LogP contribution in [-0.4, -0.2) is 46.4 Å². The third kappa shape index (κ3) is 4.86. The number of carbonyl (C=O) groups excluding carboxylic acids is 1. The molecule has 25 heavy (non-hydrogen) atoms. The van der Waals surface area contributed by atoms with E-state index in [-0.39, 0.29) is 30.8 Å². The number of halogens is 1. The molecule has 8 heteroatoms. The summed E-state index contributed by atoms with van der Waals surface area (Å²) in [5.41, 5.74) is -1.43. The van der Waals surface area contributed by atoms with Crippen molar-refractivity contribution in [2.24, 2.45) is 0 Å². The van der Waals surface area contributed by atoms with Gasteiger partial charge in [0, 0.05) is 4.47 Å². The summed E-state index contributed by atoms with van der Waals surface area (Å²) in [6, 6.07) is 6.91. The van der Waals surface area contributed by atoms with Gasteiger partial charge in [-0.3, -0.25) is 9.69 Å². The molecule has 0 aliphatic carbocycles. The molecular weight excluding hydrogens is 392 g/mol. The Balaban J connectivity index is 2.16. The average molecular weight is 411 g/mol. The van der Waals surface area contributed by atoms with Crippen molar-refractivity contribution in [3.05, 3.63) is 28.2 Å². The third-order valence-corrected chi connectivity index (χ3v) is 3.96. The number of benzene rings is 1. The van der Waals surface area contributed by atoms with Crippen LogP contribution in [0.15, 0.2) is 22.7 Å². The minimum atomic E-state index is -1.08. The monoisotopic (exact) mass is 410 g/mol. The van der Waals surface area contributed by atoms with Crippen molar-refractivity contribution in [3.8, 4) is 11.8 Å². The maximum Gasteiger partial charge on any atom is 0.410 e. The number of nitrogens with zero attached hydrogens (tertiary/aromatic N) is 2. The second-order valence-corrected chi connectivity index (χ2v) is 7.86. The molecule has 0 aromatic heterocycles. The van der Waals surface area contributed by atoms with E-state index in [0.29, 0.717) is 4.47 Å². The summed E-state index contributed by atoms with van der Waals surface area (Å²) in [6.45, 7) is 5.43. The quantitative estimate of drug-likeness (QED) is 0.817. The van der Waals surface area contributed by atoms with Crippen molar-refractivity contribution in [3.63, 3.8) is 0 Å². The predicted octanol–water partition coefficient (Wildman–Crippen LogP) is 3.16. The fraction of sp³-hybridized carbons (Fsp3) is 0.471. The van der Waals surface area contributed by atoms with E-state index >= 15 is 0 Å². The number of carboxylic acid groups (broad SMARTS) is 1. The number of nitriles is 1. The van der Waals surface area contributed by atoms with E-state index in [4.69, 9.17) is 9.47 Å².